The van der Waals surface area contributed by atoms with Gasteiger partial charge in [-0.15, -0.1) is 11.8 Å². The van der Waals surface area contributed by atoms with Crippen LogP contribution in [0, 0.1) is 17.8 Å². The number of rotatable bonds is 6. The fraction of sp³-hybridized carbons (Fsp3) is 0.357. The lowest BCUT2D eigenvalue weighted by molar-refractivity contribution is 0.175. The Morgan fingerprint density at radius 3 is 2.49 bits per heavy atom. The molecule has 2 nitrogen and oxygen atoms in total. The van der Waals surface area contributed by atoms with Crippen LogP contribution in [-0.4, -0.2) is 27.5 Å². The van der Waals surface area contributed by atoms with Gasteiger partial charge in [-0.05, 0) is 152 Å². The van der Waals surface area contributed by atoms with E-state index < -0.39 is 0 Å². The molecular formula is C56H55NOS. The Hall–Kier alpha value is -4.73. The van der Waals surface area contributed by atoms with Crippen molar-refractivity contribution in [3.05, 3.63) is 206 Å². The van der Waals surface area contributed by atoms with E-state index in [0.717, 1.165) is 37.9 Å². The highest BCUT2D eigenvalue weighted by Crippen LogP contribution is 2.55. The van der Waals surface area contributed by atoms with Crippen LogP contribution >= 0.6 is 11.8 Å². The zero-order valence-corrected chi connectivity index (χ0v) is 35.0. The van der Waals surface area contributed by atoms with Gasteiger partial charge < -0.3 is 9.64 Å². The lowest BCUT2D eigenvalue weighted by atomic mass is 9.76. The first kappa shape index (κ1) is 36.1. The normalized spacial score (nSPS) is 32.6. The SMILES string of the molecule is C1=CC(N(C2=CCC(C3=CC4C5=C(OC4C=C3)C(c3ccccc3)=CCC5)C=C2)C2=CC=C(C3=CC4=C(C=CCC4)CC3)CC2)[C@H]2SC3C4=C(C=CC3C2=C1)CCCC4. The van der Waals surface area contributed by atoms with E-state index in [1.165, 1.54) is 85.0 Å². The number of nitrogens with zero attached hydrogens (tertiary/aromatic N) is 1. The number of ether oxygens (including phenoxy) is 1. The number of thioether (sulfide) groups is 1. The van der Waals surface area contributed by atoms with Crippen LogP contribution in [0.15, 0.2) is 201 Å². The van der Waals surface area contributed by atoms with E-state index in [4.69, 9.17) is 4.74 Å². The summed E-state index contributed by atoms with van der Waals surface area (Å²) in [7, 11) is 0. The van der Waals surface area contributed by atoms with Gasteiger partial charge in [0.25, 0.3) is 0 Å². The maximum absolute atomic E-state index is 6.73. The second kappa shape index (κ2) is 15.1. The third-order valence-electron chi connectivity index (χ3n) is 15.1. The second-order valence-corrected chi connectivity index (χ2v) is 19.7. The topological polar surface area (TPSA) is 12.5 Å². The summed E-state index contributed by atoms with van der Waals surface area (Å²) in [5, 5.41) is 1.05. The third-order valence-corrected chi connectivity index (χ3v) is 16.9. The summed E-state index contributed by atoms with van der Waals surface area (Å²) >= 11 is 2.28. The summed E-state index contributed by atoms with van der Waals surface area (Å²) in [6, 6.07) is 11.1. The Balaban J connectivity index is 0.844. The Bertz CT molecular complexity index is 2460. The zero-order chi connectivity index (χ0) is 38.9. The number of allylic oxidation sites excluding steroid dienone is 22. The van der Waals surface area contributed by atoms with Crippen LogP contribution in [0.4, 0.5) is 0 Å². The molecule has 1 fully saturated rings. The van der Waals surface area contributed by atoms with Gasteiger partial charge in [0.05, 0.1) is 11.3 Å². The first-order chi connectivity index (χ1) is 29.2. The summed E-state index contributed by atoms with van der Waals surface area (Å²) in [4.78, 5) is 2.78. The van der Waals surface area contributed by atoms with Crippen molar-refractivity contribution in [1.29, 1.82) is 0 Å². The van der Waals surface area contributed by atoms with E-state index in [2.05, 4.69) is 150 Å². The molecule has 3 heteroatoms. The van der Waals surface area contributed by atoms with E-state index in [1.807, 2.05) is 0 Å². The minimum atomic E-state index is 0.102. The van der Waals surface area contributed by atoms with Crippen LogP contribution in [0.5, 0.6) is 0 Å². The molecule has 0 N–H and O–H groups in total. The molecule has 1 saturated heterocycles. The molecule has 1 aromatic carbocycles. The highest BCUT2D eigenvalue weighted by Gasteiger charge is 2.47. The largest absolute Gasteiger partial charge is 0.485 e. The highest BCUT2D eigenvalue weighted by atomic mass is 32.2. The summed E-state index contributed by atoms with van der Waals surface area (Å²) in [5.74, 6) is 2.36. The number of hydrogen-bond acceptors (Lipinski definition) is 3. The molecule has 6 unspecified atom stereocenters. The molecule has 2 aliphatic heterocycles. The summed E-state index contributed by atoms with van der Waals surface area (Å²) < 4.78 is 6.73. The smallest absolute Gasteiger partial charge is 0.127 e. The number of hydrogen-bond donors (Lipinski definition) is 0. The average molecular weight is 790 g/mol. The third kappa shape index (κ3) is 6.37. The molecule has 0 aromatic heterocycles. The first-order valence-electron chi connectivity index (χ1n) is 22.9. The second-order valence-electron chi connectivity index (χ2n) is 18.4. The molecule has 0 radical (unpaired) electrons. The Morgan fingerprint density at radius 1 is 0.661 bits per heavy atom. The Labute approximate surface area is 355 Å². The fourth-order valence-corrected chi connectivity index (χ4v) is 14.1. The Kier molecular flexibility index (Phi) is 9.23. The van der Waals surface area contributed by atoms with Crippen LogP contribution in [0.2, 0.25) is 0 Å². The van der Waals surface area contributed by atoms with Crippen molar-refractivity contribution in [2.45, 2.75) is 106 Å². The average Bonchev–Trinajstić information content (AvgIpc) is 3.89. The molecule has 0 amide bonds. The monoisotopic (exact) mass is 789 g/mol. The van der Waals surface area contributed by atoms with E-state index in [1.54, 1.807) is 39.0 Å². The summed E-state index contributed by atoms with van der Waals surface area (Å²) in [6.45, 7) is 0. The van der Waals surface area contributed by atoms with Crippen molar-refractivity contribution in [2.24, 2.45) is 17.8 Å². The van der Waals surface area contributed by atoms with Gasteiger partial charge in [-0.25, -0.2) is 0 Å². The van der Waals surface area contributed by atoms with Gasteiger partial charge >= 0.3 is 0 Å². The van der Waals surface area contributed by atoms with Crippen molar-refractivity contribution >= 4 is 17.3 Å². The molecule has 12 rings (SSSR count). The fourth-order valence-electron chi connectivity index (χ4n) is 12.1. The van der Waals surface area contributed by atoms with E-state index >= 15 is 0 Å². The molecule has 11 aliphatic rings. The lowest BCUT2D eigenvalue weighted by Crippen LogP contribution is -2.41. The minimum absolute atomic E-state index is 0.102. The lowest BCUT2D eigenvalue weighted by Gasteiger charge is -2.41. The quantitative estimate of drug-likeness (QED) is 0.285. The standard InChI is InChI=1S/C56H55NOS/c1-2-11-39(12-3-1)46-16-8-17-48-51-35-43(27-33-53(51)58-54(46)48)38-24-30-45(31-25-38)57(44-28-22-37(23-29-44)42-21-20-36-10-4-5-14-41(36)34-42)52-19-9-18-49-50-32-26-40-13-6-7-15-47(40)55(50)59-56(49)52/h1-4,9-12,16,18-19,22,24,26-28,30-35,38,50-53,55-56H,5-8,13-15,17,20-21,23,25,29H2/t38?,50?,51?,52?,53?,55?,56-/m0/s1. The van der Waals surface area contributed by atoms with Gasteiger partial charge in [0.1, 0.15) is 11.9 Å². The molecule has 0 bridgehead atoms. The van der Waals surface area contributed by atoms with Crippen LogP contribution in [0.3, 0.4) is 0 Å². The van der Waals surface area contributed by atoms with Gasteiger partial charge in [0.15, 0.2) is 0 Å². The van der Waals surface area contributed by atoms with Crippen LogP contribution in [0.1, 0.15) is 89.0 Å². The predicted molar refractivity (Wildman–Crippen MR) is 246 cm³/mol. The molecule has 1 aromatic rings. The molecule has 0 spiro atoms. The number of fused-ring (bicyclic) bond motifs is 6. The summed E-state index contributed by atoms with van der Waals surface area (Å²) in [6.07, 6.45) is 57.5. The molecule has 59 heavy (non-hydrogen) atoms. The molecular weight excluding hydrogens is 735 g/mol. The Morgan fingerprint density at radius 2 is 1.59 bits per heavy atom. The van der Waals surface area contributed by atoms with Crippen molar-refractivity contribution < 1.29 is 4.74 Å². The maximum Gasteiger partial charge on any atom is 0.127 e. The van der Waals surface area contributed by atoms with Crippen LogP contribution in [-0.2, 0) is 4.74 Å². The minimum Gasteiger partial charge on any atom is -0.485 e. The van der Waals surface area contributed by atoms with Gasteiger partial charge in [-0.1, -0.05) is 121 Å². The van der Waals surface area contributed by atoms with Gasteiger partial charge in [-0.3, -0.25) is 0 Å². The summed E-state index contributed by atoms with van der Waals surface area (Å²) in [5.41, 5.74) is 19.7. The van der Waals surface area contributed by atoms with E-state index in [9.17, 15) is 0 Å². The molecule has 7 atom stereocenters. The van der Waals surface area contributed by atoms with Crippen molar-refractivity contribution in [3.8, 4) is 0 Å². The van der Waals surface area contributed by atoms with Gasteiger partial charge in [0.2, 0.25) is 0 Å². The highest BCUT2D eigenvalue weighted by molar-refractivity contribution is 8.01. The molecule has 296 valence electrons. The maximum atomic E-state index is 6.73. The molecule has 2 heterocycles. The predicted octanol–water partition coefficient (Wildman–Crippen LogP) is 13.8. The van der Waals surface area contributed by atoms with Crippen molar-refractivity contribution in [1.82, 2.24) is 4.90 Å². The van der Waals surface area contributed by atoms with Gasteiger partial charge in [-0.2, -0.15) is 0 Å². The first-order valence-corrected chi connectivity index (χ1v) is 23.8. The van der Waals surface area contributed by atoms with Crippen molar-refractivity contribution in [2.75, 3.05) is 0 Å². The number of benzene rings is 1. The molecule has 0 saturated carbocycles. The van der Waals surface area contributed by atoms with Gasteiger partial charge in [0, 0.05) is 40.0 Å². The zero-order valence-electron chi connectivity index (χ0n) is 34.2. The van der Waals surface area contributed by atoms with Crippen LogP contribution in [0.25, 0.3) is 5.57 Å². The van der Waals surface area contributed by atoms with Crippen molar-refractivity contribution in [3.63, 3.8) is 0 Å². The van der Waals surface area contributed by atoms with E-state index in [0.29, 0.717) is 34.3 Å². The molecule has 9 aliphatic carbocycles. The van der Waals surface area contributed by atoms with Crippen LogP contribution < -0.4 is 0 Å². The van der Waals surface area contributed by atoms with E-state index in [-0.39, 0.29) is 6.10 Å².